The van der Waals surface area contributed by atoms with E-state index in [2.05, 4.69) is 32.1 Å². The Morgan fingerprint density at radius 3 is 3.19 bits per heavy atom. The van der Waals surface area contributed by atoms with E-state index in [9.17, 15) is 0 Å². The molecule has 1 aliphatic rings. The van der Waals surface area contributed by atoms with Crippen LogP contribution in [0, 0.1) is 4.64 Å². The molecule has 0 aliphatic carbocycles. The van der Waals surface area contributed by atoms with Crippen LogP contribution >= 0.6 is 23.6 Å². The highest BCUT2D eigenvalue weighted by atomic mass is 32.1. The summed E-state index contributed by atoms with van der Waals surface area (Å²) in [5, 5.41) is 7.45. The lowest BCUT2D eigenvalue weighted by atomic mass is 10.1. The molecule has 2 aromatic heterocycles. The predicted octanol–water partition coefficient (Wildman–Crippen LogP) is 2.51. The van der Waals surface area contributed by atoms with Crippen LogP contribution in [-0.2, 0) is 13.0 Å². The molecule has 0 saturated carbocycles. The third-order valence-electron chi connectivity index (χ3n) is 2.75. The average molecular weight is 249 g/mol. The molecule has 3 rings (SSSR count). The first-order chi connectivity index (χ1) is 7.84. The molecule has 3 heterocycles. The number of thiophene rings is 1. The van der Waals surface area contributed by atoms with Crippen molar-refractivity contribution in [3.63, 3.8) is 0 Å². The van der Waals surface area contributed by atoms with Crippen LogP contribution in [0.1, 0.15) is 11.3 Å². The van der Waals surface area contributed by atoms with Gasteiger partial charge in [0.2, 0.25) is 0 Å². The highest BCUT2D eigenvalue weighted by molar-refractivity contribution is 7.71. The molecule has 1 aliphatic heterocycles. The van der Waals surface area contributed by atoms with E-state index in [-0.39, 0.29) is 0 Å². The second-order valence-electron chi connectivity index (χ2n) is 3.79. The molecular formula is C11H11N3S2. The second kappa shape index (κ2) is 4.08. The van der Waals surface area contributed by atoms with Crippen LogP contribution in [0.2, 0.25) is 0 Å². The third kappa shape index (κ3) is 1.71. The van der Waals surface area contributed by atoms with Gasteiger partial charge in [0, 0.05) is 41.7 Å². The lowest BCUT2D eigenvalue weighted by Crippen LogP contribution is -2.25. The largest absolute Gasteiger partial charge is 0.343 e. The molecule has 0 fully saturated rings. The summed E-state index contributed by atoms with van der Waals surface area (Å²) in [5.41, 5.74) is 3.51. The number of hydrogen-bond acceptors (Lipinski definition) is 4. The summed E-state index contributed by atoms with van der Waals surface area (Å²) in [6.07, 6.45) is 0.999. The van der Waals surface area contributed by atoms with Crippen molar-refractivity contribution in [3.05, 3.63) is 32.7 Å². The summed E-state index contributed by atoms with van der Waals surface area (Å²) in [4.78, 5) is 7.85. The van der Waals surface area contributed by atoms with E-state index in [0.717, 1.165) is 41.1 Å². The van der Waals surface area contributed by atoms with Crippen molar-refractivity contribution in [1.82, 2.24) is 15.3 Å². The molecule has 0 atom stereocenters. The van der Waals surface area contributed by atoms with Gasteiger partial charge in [0.15, 0.2) is 0 Å². The molecule has 0 spiro atoms. The quantitative estimate of drug-likeness (QED) is 0.763. The molecule has 82 valence electrons. The molecule has 0 amide bonds. The van der Waals surface area contributed by atoms with Crippen LogP contribution in [0.4, 0.5) is 0 Å². The van der Waals surface area contributed by atoms with E-state index in [0.29, 0.717) is 0 Å². The Bertz CT molecular complexity index is 557. The van der Waals surface area contributed by atoms with Crippen molar-refractivity contribution in [3.8, 4) is 11.4 Å². The molecule has 0 radical (unpaired) electrons. The first-order valence-corrected chi connectivity index (χ1v) is 6.55. The molecule has 0 aromatic carbocycles. The van der Waals surface area contributed by atoms with Gasteiger partial charge in [-0.25, -0.2) is 4.98 Å². The molecule has 0 bridgehead atoms. The van der Waals surface area contributed by atoms with Crippen LogP contribution in [-0.4, -0.2) is 16.5 Å². The van der Waals surface area contributed by atoms with Gasteiger partial charge in [0.1, 0.15) is 10.5 Å². The molecule has 0 unspecified atom stereocenters. The second-order valence-corrected chi connectivity index (χ2v) is 4.95. The average Bonchev–Trinajstić information content (AvgIpc) is 2.82. The van der Waals surface area contributed by atoms with E-state index in [1.807, 2.05) is 0 Å². The lowest BCUT2D eigenvalue weighted by molar-refractivity contribution is 0.624. The first kappa shape index (κ1) is 10.1. The number of nitrogens with zero attached hydrogens (tertiary/aromatic N) is 1. The third-order valence-corrected chi connectivity index (χ3v) is 3.77. The summed E-state index contributed by atoms with van der Waals surface area (Å²) in [6, 6.07) is 2.06. The minimum Gasteiger partial charge on any atom is -0.343 e. The Balaban J connectivity index is 2.16. The molecule has 3 nitrogen and oxygen atoms in total. The van der Waals surface area contributed by atoms with E-state index >= 15 is 0 Å². The van der Waals surface area contributed by atoms with Crippen LogP contribution in [0.15, 0.2) is 16.8 Å². The smallest absolute Gasteiger partial charge is 0.139 e. The van der Waals surface area contributed by atoms with Gasteiger partial charge < -0.3 is 10.3 Å². The fraction of sp³-hybridized carbons (Fsp3) is 0.273. The van der Waals surface area contributed by atoms with Gasteiger partial charge in [-0.2, -0.15) is 11.3 Å². The molecule has 5 heteroatoms. The lowest BCUT2D eigenvalue weighted by Gasteiger charge is -2.17. The number of aromatic amines is 1. The van der Waals surface area contributed by atoms with E-state index in [4.69, 9.17) is 12.2 Å². The monoisotopic (exact) mass is 249 g/mol. The number of fused-ring (bicyclic) bond motifs is 1. The molecule has 2 N–H and O–H groups in total. The van der Waals surface area contributed by atoms with Crippen LogP contribution in [0.25, 0.3) is 11.4 Å². The van der Waals surface area contributed by atoms with Gasteiger partial charge >= 0.3 is 0 Å². The van der Waals surface area contributed by atoms with Gasteiger partial charge in [-0.15, -0.1) is 0 Å². The fourth-order valence-corrected chi connectivity index (χ4v) is 2.83. The number of H-pyrrole nitrogens is 1. The first-order valence-electron chi connectivity index (χ1n) is 5.20. The van der Waals surface area contributed by atoms with Crippen molar-refractivity contribution in [2.45, 2.75) is 13.0 Å². The summed E-state index contributed by atoms with van der Waals surface area (Å²) < 4.78 is 0.724. The minimum absolute atomic E-state index is 0.724. The fourth-order valence-electron chi connectivity index (χ4n) is 1.90. The summed E-state index contributed by atoms with van der Waals surface area (Å²) in [6.45, 7) is 1.84. The number of rotatable bonds is 1. The summed E-state index contributed by atoms with van der Waals surface area (Å²) >= 11 is 7.00. The van der Waals surface area contributed by atoms with Gasteiger partial charge in [0.25, 0.3) is 0 Å². The van der Waals surface area contributed by atoms with Crippen LogP contribution in [0.5, 0.6) is 0 Å². The van der Waals surface area contributed by atoms with Crippen molar-refractivity contribution < 1.29 is 0 Å². The van der Waals surface area contributed by atoms with Crippen molar-refractivity contribution >= 4 is 23.6 Å². The van der Waals surface area contributed by atoms with Gasteiger partial charge in [-0.05, 0) is 11.4 Å². The molecule has 2 aromatic rings. The van der Waals surface area contributed by atoms with Crippen molar-refractivity contribution in [2.75, 3.05) is 6.54 Å². The van der Waals surface area contributed by atoms with E-state index in [1.165, 1.54) is 5.69 Å². The molecular weight excluding hydrogens is 238 g/mol. The maximum Gasteiger partial charge on any atom is 0.139 e. The molecule has 16 heavy (non-hydrogen) atoms. The SMILES string of the molecule is S=c1nc(-c2ccsc2)[nH]c2c1CNCC2. The van der Waals surface area contributed by atoms with E-state index < -0.39 is 0 Å². The number of aromatic nitrogens is 2. The number of hydrogen-bond donors (Lipinski definition) is 2. The zero-order valence-corrected chi connectivity index (χ0v) is 10.3. The maximum atomic E-state index is 5.33. The normalized spacial score (nSPS) is 14.8. The van der Waals surface area contributed by atoms with Crippen molar-refractivity contribution in [2.24, 2.45) is 0 Å². The summed E-state index contributed by atoms with van der Waals surface area (Å²) in [7, 11) is 0. The van der Waals surface area contributed by atoms with Crippen LogP contribution < -0.4 is 5.32 Å². The minimum atomic E-state index is 0.724. The van der Waals surface area contributed by atoms with Crippen molar-refractivity contribution in [1.29, 1.82) is 0 Å². The Hall–Kier alpha value is -1.04. The Morgan fingerprint density at radius 1 is 1.44 bits per heavy atom. The van der Waals surface area contributed by atoms with Gasteiger partial charge in [-0.1, -0.05) is 12.2 Å². The Kier molecular flexibility index (Phi) is 2.59. The zero-order chi connectivity index (χ0) is 11.0. The maximum absolute atomic E-state index is 5.33. The van der Waals surface area contributed by atoms with Gasteiger partial charge in [0.05, 0.1) is 0 Å². The van der Waals surface area contributed by atoms with Gasteiger partial charge in [-0.3, -0.25) is 0 Å². The van der Waals surface area contributed by atoms with Crippen LogP contribution in [0.3, 0.4) is 0 Å². The standard InChI is InChI=1S/C11H11N3S2/c15-11-8-5-12-3-1-9(8)13-10(14-11)7-2-4-16-6-7/h2,4,6,12H,1,3,5H2,(H,13,14,15). The predicted molar refractivity (Wildman–Crippen MR) is 68.1 cm³/mol. The summed E-state index contributed by atoms with van der Waals surface area (Å²) in [5.74, 6) is 0.895. The highest BCUT2D eigenvalue weighted by Crippen LogP contribution is 2.21. The number of nitrogens with one attached hydrogen (secondary N) is 2. The Morgan fingerprint density at radius 2 is 2.38 bits per heavy atom. The molecule has 0 saturated heterocycles. The topological polar surface area (TPSA) is 40.7 Å². The zero-order valence-electron chi connectivity index (χ0n) is 8.62. The Labute approximate surface area is 103 Å². The van der Waals surface area contributed by atoms with E-state index in [1.54, 1.807) is 11.3 Å². The highest BCUT2D eigenvalue weighted by Gasteiger charge is 2.13.